The molecule has 1 aromatic rings. The lowest BCUT2D eigenvalue weighted by molar-refractivity contribution is 0.155. The summed E-state index contributed by atoms with van der Waals surface area (Å²) < 4.78 is 20.7. The van der Waals surface area contributed by atoms with Crippen LogP contribution in [0.15, 0.2) is 16.6 Å². The van der Waals surface area contributed by atoms with Crippen LogP contribution in [0.4, 0.5) is 4.39 Å². The summed E-state index contributed by atoms with van der Waals surface area (Å²) in [5.74, 6) is 0.0978. The van der Waals surface area contributed by atoms with Crippen LogP contribution in [-0.2, 0) is 0 Å². The Morgan fingerprint density at radius 2 is 2.05 bits per heavy atom. The molecule has 1 atom stereocenters. The zero-order valence-corrected chi connectivity index (χ0v) is 14.0. The maximum atomic E-state index is 14.0. The highest BCUT2D eigenvalue weighted by Gasteiger charge is 2.30. The molecule has 0 amide bonds. The Balaban J connectivity index is 1.60. The van der Waals surface area contributed by atoms with E-state index in [9.17, 15) is 4.39 Å². The number of likely N-dealkylation sites (tertiary alicyclic amines) is 1. The third kappa shape index (κ3) is 3.58. The van der Waals surface area contributed by atoms with E-state index in [0.29, 0.717) is 11.8 Å². The quantitative estimate of drug-likeness (QED) is 0.900. The average Bonchev–Trinajstić information content (AvgIpc) is 2.94. The predicted octanol–water partition coefficient (Wildman–Crippen LogP) is 3.10. The summed E-state index contributed by atoms with van der Waals surface area (Å²) >= 11 is 3.34. The monoisotopic (exact) mass is 356 g/mol. The predicted molar refractivity (Wildman–Crippen MR) is 85.3 cm³/mol. The van der Waals surface area contributed by atoms with Crippen molar-refractivity contribution >= 4 is 15.9 Å². The zero-order valence-electron chi connectivity index (χ0n) is 12.4. The first kappa shape index (κ1) is 15.3. The highest BCUT2D eigenvalue weighted by molar-refractivity contribution is 9.10. The van der Waals surface area contributed by atoms with Crippen LogP contribution in [0.1, 0.15) is 24.8 Å². The van der Waals surface area contributed by atoms with E-state index in [0.717, 1.165) is 42.6 Å². The maximum Gasteiger partial charge on any atom is 0.166 e. The first-order valence-electron chi connectivity index (χ1n) is 7.70. The number of halogens is 2. The maximum absolute atomic E-state index is 14.0. The Bertz CT molecular complexity index is 505. The average molecular weight is 357 g/mol. The van der Waals surface area contributed by atoms with Crippen molar-refractivity contribution in [3.63, 3.8) is 0 Å². The van der Waals surface area contributed by atoms with E-state index in [4.69, 9.17) is 4.74 Å². The van der Waals surface area contributed by atoms with Crippen molar-refractivity contribution in [3.05, 3.63) is 28.0 Å². The molecule has 2 saturated heterocycles. The number of ether oxygens (including phenoxy) is 1. The fourth-order valence-corrected chi connectivity index (χ4v) is 3.57. The summed E-state index contributed by atoms with van der Waals surface area (Å²) in [5, 5.41) is 3.40. The molecule has 0 bridgehead atoms. The van der Waals surface area contributed by atoms with E-state index in [-0.39, 0.29) is 11.9 Å². The number of aryl methyl sites for hydroxylation is 1. The second-order valence-electron chi connectivity index (χ2n) is 6.04. The van der Waals surface area contributed by atoms with E-state index in [1.54, 1.807) is 6.07 Å². The number of hydrogen-bond acceptors (Lipinski definition) is 3. The van der Waals surface area contributed by atoms with E-state index >= 15 is 0 Å². The lowest BCUT2D eigenvalue weighted by Gasteiger charge is -2.31. The highest BCUT2D eigenvalue weighted by atomic mass is 79.9. The minimum atomic E-state index is -0.284. The molecule has 21 heavy (non-hydrogen) atoms. The van der Waals surface area contributed by atoms with Crippen molar-refractivity contribution < 1.29 is 9.13 Å². The van der Waals surface area contributed by atoms with Crippen LogP contribution in [-0.4, -0.2) is 43.2 Å². The van der Waals surface area contributed by atoms with Gasteiger partial charge in [-0.1, -0.05) is 15.9 Å². The van der Waals surface area contributed by atoms with Gasteiger partial charge in [0.1, 0.15) is 6.10 Å². The number of hydrogen-bond donors (Lipinski definition) is 1. The van der Waals surface area contributed by atoms with Gasteiger partial charge in [-0.25, -0.2) is 4.39 Å². The fraction of sp³-hybridized carbons (Fsp3) is 0.625. The molecule has 0 saturated carbocycles. The van der Waals surface area contributed by atoms with Crippen molar-refractivity contribution in [1.29, 1.82) is 0 Å². The van der Waals surface area contributed by atoms with Crippen LogP contribution in [0.3, 0.4) is 0 Å². The van der Waals surface area contributed by atoms with Crippen LogP contribution >= 0.6 is 15.9 Å². The van der Waals surface area contributed by atoms with Crippen LogP contribution < -0.4 is 10.1 Å². The van der Waals surface area contributed by atoms with Crippen LogP contribution in [0.25, 0.3) is 0 Å². The number of rotatable bonds is 3. The zero-order chi connectivity index (χ0) is 14.8. The van der Waals surface area contributed by atoms with E-state index in [1.807, 2.05) is 6.92 Å². The molecule has 3 nitrogen and oxygen atoms in total. The molecule has 1 aromatic carbocycles. The largest absolute Gasteiger partial charge is 0.486 e. The van der Waals surface area contributed by atoms with Crippen LogP contribution in [0, 0.1) is 12.7 Å². The molecule has 0 spiro atoms. The standard InChI is InChI=1S/C16H22BrFN2O/c1-11-8-16(15(18)9-14(11)17)21-13-4-7-20(10-13)12-2-5-19-6-3-12/h8-9,12-13,19H,2-7,10H2,1H3/t13-/m0/s1. The first-order valence-corrected chi connectivity index (χ1v) is 8.50. The molecule has 2 aliphatic heterocycles. The Morgan fingerprint density at radius 1 is 1.29 bits per heavy atom. The van der Waals surface area contributed by atoms with Gasteiger partial charge >= 0.3 is 0 Å². The van der Waals surface area contributed by atoms with Crippen molar-refractivity contribution in [1.82, 2.24) is 10.2 Å². The minimum absolute atomic E-state index is 0.106. The summed E-state index contributed by atoms with van der Waals surface area (Å²) in [5.41, 5.74) is 1.000. The minimum Gasteiger partial charge on any atom is -0.486 e. The molecule has 2 heterocycles. The summed E-state index contributed by atoms with van der Waals surface area (Å²) in [6, 6.07) is 3.94. The Kier molecular flexibility index (Phi) is 4.82. The highest BCUT2D eigenvalue weighted by Crippen LogP contribution is 2.28. The lowest BCUT2D eigenvalue weighted by atomic mass is 10.1. The van der Waals surface area contributed by atoms with Crippen molar-refractivity contribution in [2.45, 2.75) is 38.3 Å². The molecule has 2 fully saturated rings. The molecule has 0 radical (unpaired) electrons. The topological polar surface area (TPSA) is 24.5 Å². The van der Waals surface area contributed by atoms with Gasteiger partial charge in [-0.05, 0) is 57.0 Å². The summed E-state index contributed by atoms with van der Waals surface area (Å²) in [7, 11) is 0. The first-order chi connectivity index (χ1) is 10.1. The third-order valence-corrected chi connectivity index (χ3v) is 5.36. The number of benzene rings is 1. The Hall–Kier alpha value is -0.650. The molecule has 1 N–H and O–H groups in total. The lowest BCUT2D eigenvalue weighted by Crippen LogP contribution is -2.42. The molecular weight excluding hydrogens is 335 g/mol. The summed E-state index contributed by atoms with van der Waals surface area (Å²) in [6.45, 7) is 6.14. The van der Waals surface area contributed by atoms with Crippen molar-refractivity contribution in [2.24, 2.45) is 0 Å². The second-order valence-corrected chi connectivity index (χ2v) is 6.89. The van der Waals surface area contributed by atoms with Crippen LogP contribution in [0.2, 0.25) is 0 Å². The summed E-state index contributed by atoms with van der Waals surface area (Å²) in [4.78, 5) is 2.51. The SMILES string of the molecule is Cc1cc(O[C@H]2CCN(C3CCNCC3)C2)c(F)cc1Br. The number of piperidine rings is 1. The van der Waals surface area contributed by atoms with Gasteiger partial charge in [-0.2, -0.15) is 0 Å². The molecule has 0 aromatic heterocycles. The Labute approximate surface area is 134 Å². The summed E-state index contributed by atoms with van der Waals surface area (Å²) in [6.07, 6.45) is 3.50. The van der Waals surface area contributed by atoms with E-state index in [1.165, 1.54) is 18.9 Å². The molecule has 5 heteroatoms. The van der Waals surface area contributed by atoms with Gasteiger partial charge < -0.3 is 10.1 Å². The van der Waals surface area contributed by atoms with Gasteiger partial charge in [-0.3, -0.25) is 4.90 Å². The van der Waals surface area contributed by atoms with Gasteiger partial charge in [0.15, 0.2) is 11.6 Å². The molecule has 0 aliphatic carbocycles. The van der Waals surface area contributed by atoms with Gasteiger partial charge in [-0.15, -0.1) is 0 Å². The van der Waals surface area contributed by atoms with Crippen LogP contribution in [0.5, 0.6) is 5.75 Å². The van der Waals surface area contributed by atoms with E-state index in [2.05, 4.69) is 26.1 Å². The van der Waals surface area contributed by atoms with Gasteiger partial charge in [0.25, 0.3) is 0 Å². The van der Waals surface area contributed by atoms with Gasteiger partial charge in [0.2, 0.25) is 0 Å². The Morgan fingerprint density at radius 3 is 2.81 bits per heavy atom. The number of nitrogens with one attached hydrogen (secondary N) is 1. The normalized spacial score (nSPS) is 24.4. The molecule has 2 aliphatic rings. The van der Waals surface area contributed by atoms with Crippen molar-refractivity contribution in [2.75, 3.05) is 26.2 Å². The molecular formula is C16H22BrFN2O. The van der Waals surface area contributed by atoms with Crippen molar-refractivity contribution in [3.8, 4) is 5.75 Å². The van der Waals surface area contributed by atoms with Gasteiger partial charge in [0.05, 0.1) is 0 Å². The molecule has 3 rings (SSSR count). The second kappa shape index (κ2) is 6.63. The van der Waals surface area contributed by atoms with Gasteiger partial charge in [0, 0.05) is 23.6 Å². The third-order valence-electron chi connectivity index (χ3n) is 4.51. The van der Waals surface area contributed by atoms with E-state index < -0.39 is 0 Å². The smallest absolute Gasteiger partial charge is 0.166 e. The molecule has 116 valence electrons. The number of nitrogens with zero attached hydrogens (tertiary/aromatic N) is 1. The molecule has 0 unspecified atom stereocenters. The fourth-order valence-electron chi connectivity index (χ4n) is 3.25.